The first-order valence-corrected chi connectivity index (χ1v) is 7.52. The number of aliphatic hydroxyl groups is 1. The van der Waals surface area contributed by atoms with E-state index in [1.54, 1.807) is 0 Å². The van der Waals surface area contributed by atoms with Gasteiger partial charge in [0.2, 0.25) is 0 Å². The Morgan fingerprint density at radius 1 is 1.35 bits per heavy atom. The van der Waals surface area contributed by atoms with E-state index in [-0.39, 0.29) is 12.6 Å². The Morgan fingerprint density at radius 3 is 2.65 bits per heavy atom. The Labute approximate surface area is 106 Å². The fraction of sp³-hybridized carbons (Fsp3) is 0.538. The van der Waals surface area contributed by atoms with Crippen LogP contribution in [-0.2, 0) is 10.8 Å². The minimum atomic E-state index is -0.846. The third kappa shape index (κ3) is 5.84. The summed E-state index contributed by atoms with van der Waals surface area (Å²) in [6.07, 6.45) is 2.04. The van der Waals surface area contributed by atoms with Crippen LogP contribution in [0.2, 0.25) is 0 Å². The van der Waals surface area contributed by atoms with Crippen molar-refractivity contribution in [2.45, 2.75) is 25.8 Å². The van der Waals surface area contributed by atoms with Gasteiger partial charge in [-0.3, -0.25) is 4.21 Å². The summed E-state index contributed by atoms with van der Waals surface area (Å²) >= 11 is 0. The molecule has 0 aliphatic heterocycles. The van der Waals surface area contributed by atoms with Crippen molar-refractivity contribution in [2.75, 3.05) is 23.4 Å². The van der Waals surface area contributed by atoms with Crippen molar-refractivity contribution in [1.29, 1.82) is 0 Å². The van der Waals surface area contributed by atoms with Gasteiger partial charge in [0, 0.05) is 28.0 Å². The van der Waals surface area contributed by atoms with Gasteiger partial charge in [-0.25, -0.2) is 0 Å². The minimum Gasteiger partial charge on any atom is -0.394 e. The molecule has 0 radical (unpaired) electrons. The van der Waals surface area contributed by atoms with E-state index in [9.17, 15) is 9.32 Å². The zero-order valence-corrected chi connectivity index (χ0v) is 11.1. The van der Waals surface area contributed by atoms with E-state index in [1.807, 2.05) is 30.3 Å². The maximum absolute atomic E-state index is 11.7. The predicted octanol–water partition coefficient (Wildman–Crippen LogP) is 2.01. The molecule has 0 aliphatic rings. The lowest BCUT2D eigenvalue weighted by atomic mass is 10.3. The van der Waals surface area contributed by atoms with Crippen LogP contribution in [0.1, 0.15) is 19.8 Å². The Bertz CT molecular complexity index is 329. The number of anilines is 1. The number of para-hydroxylation sites is 1. The number of rotatable bonds is 8. The zero-order chi connectivity index (χ0) is 12.5. The second-order valence-corrected chi connectivity index (χ2v) is 5.68. The molecule has 0 saturated heterocycles. The van der Waals surface area contributed by atoms with Gasteiger partial charge in [0.25, 0.3) is 0 Å². The van der Waals surface area contributed by atoms with Gasteiger partial charge < -0.3 is 10.4 Å². The zero-order valence-electron chi connectivity index (χ0n) is 10.3. The van der Waals surface area contributed by atoms with Gasteiger partial charge in [-0.1, -0.05) is 31.5 Å². The topological polar surface area (TPSA) is 49.3 Å². The fourth-order valence-electron chi connectivity index (χ4n) is 1.52. The van der Waals surface area contributed by atoms with E-state index in [4.69, 9.17) is 0 Å². The fourth-order valence-corrected chi connectivity index (χ4v) is 2.94. The smallest absolute Gasteiger partial charge is 0.0641 e. The van der Waals surface area contributed by atoms with Gasteiger partial charge in [-0.05, 0) is 18.6 Å². The second kappa shape index (κ2) is 8.25. The standard InChI is InChI=1S/C13H21NO2S/c1-2-3-9-17(16)11-13(10-15)14-12-7-5-4-6-8-12/h4-8,13-15H,2-3,9-11H2,1H3. The predicted molar refractivity (Wildman–Crippen MR) is 73.7 cm³/mol. The monoisotopic (exact) mass is 255 g/mol. The average molecular weight is 255 g/mol. The second-order valence-electron chi connectivity index (χ2n) is 4.05. The third-order valence-corrected chi connectivity index (χ3v) is 4.00. The molecule has 3 nitrogen and oxygen atoms in total. The summed E-state index contributed by atoms with van der Waals surface area (Å²) in [4.78, 5) is 0. The van der Waals surface area contributed by atoms with Crippen LogP contribution >= 0.6 is 0 Å². The molecule has 1 aromatic carbocycles. The van der Waals surface area contributed by atoms with Crippen LogP contribution in [0.3, 0.4) is 0 Å². The van der Waals surface area contributed by atoms with Crippen LogP contribution < -0.4 is 5.32 Å². The van der Waals surface area contributed by atoms with Crippen molar-refractivity contribution >= 4 is 16.5 Å². The van der Waals surface area contributed by atoms with Gasteiger partial charge in [-0.15, -0.1) is 0 Å². The molecule has 96 valence electrons. The molecule has 0 spiro atoms. The summed E-state index contributed by atoms with van der Waals surface area (Å²) in [6, 6.07) is 9.57. The van der Waals surface area contributed by atoms with Crippen molar-refractivity contribution in [3.8, 4) is 0 Å². The maximum atomic E-state index is 11.7. The van der Waals surface area contributed by atoms with Crippen LogP contribution in [0.5, 0.6) is 0 Å². The Morgan fingerprint density at radius 2 is 2.06 bits per heavy atom. The molecule has 0 aromatic heterocycles. The lowest BCUT2D eigenvalue weighted by Crippen LogP contribution is -2.30. The lowest BCUT2D eigenvalue weighted by Gasteiger charge is -2.17. The quantitative estimate of drug-likeness (QED) is 0.747. The van der Waals surface area contributed by atoms with Crippen LogP contribution in [0.25, 0.3) is 0 Å². The lowest BCUT2D eigenvalue weighted by molar-refractivity contribution is 0.282. The summed E-state index contributed by atoms with van der Waals surface area (Å²) in [7, 11) is -0.846. The number of hydrogen-bond acceptors (Lipinski definition) is 3. The highest BCUT2D eigenvalue weighted by Crippen LogP contribution is 2.08. The Hall–Kier alpha value is -0.870. The minimum absolute atomic E-state index is 0.00671. The van der Waals surface area contributed by atoms with E-state index in [1.165, 1.54) is 0 Å². The van der Waals surface area contributed by atoms with Crippen LogP contribution in [0, 0.1) is 0 Å². The Balaban J connectivity index is 2.41. The molecule has 0 aliphatic carbocycles. The third-order valence-electron chi connectivity index (χ3n) is 2.48. The van der Waals surface area contributed by atoms with E-state index in [2.05, 4.69) is 12.2 Å². The highest BCUT2D eigenvalue weighted by Gasteiger charge is 2.11. The normalized spacial score (nSPS) is 14.2. The molecule has 0 fully saturated rings. The van der Waals surface area contributed by atoms with Gasteiger partial charge in [0.15, 0.2) is 0 Å². The van der Waals surface area contributed by atoms with Crippen molar-refractivity contribution in [2.24, 2.45) is 0 Å². The molecule has 0 bridgehead atoms. The molecule has 2 N–H and O–H groups in total. The van der Waals surface area contributed by atoms with Crippen molar-refractivity contribution < 1.29 is 9.32 Å². The van der Waals surface area contributed by atoms with Crippen LogP contribution in [0.15, 0.2) is 30.3 Å². The molecule has 1 rings (SSSR count). The molecule has 4 heteroatoms. The molecule has 0 heterocycles. The molecule has 2 atom stereocenters. The molecule has 1 aromatic rings. The number of nitrogens with one attached hydrogen (secondary N) is 1. The molecule has 0 amide bonds. The highest BCUT2D eigenvalue weighted by molar-refractivity contribution is 7.85. The molecule has 17 heavy (non-hydrogen) atoms. The van der Waals surface area contributed by atoms with Gasteiger partial charge >= 0.3 is 0 Å². The first-order chi connectivity index (χ1) is 8.26. The average Bonchev–Trinajstić information content (AvgIpc) is 2.36. The number of benzene rings is 1. The number of aliphatic hydroxyl groups excluding tert-OH is 1. The maximum Gasteiger partial charge on any atom is 0.0641 e. The highest BCUT2D eigenvalue weighted by atomic mass is 32.2. The van der Waals surface area contributed by atoms with Crippen molar-refractivity contribution in [3.05, 3.63) is 30.3 Å². The van der Waals surface area contributed by atoms with Gasteiger partial charge in [0.1, 0.15) is 0 Å². The summed E-state index contributed by atoms with van der Waals surface area (Å²) < 4.78 is 11.7. The number of unbranched alkanes of at least 4 members (excludes halogenated alkanes) is 1. The largest absolute Gasteiger partial charge is 0.394 e. The van der Waals surface area contributed by atoms with E-state index in [0.717, 1.165) is 24.3 Å². The number of hydrogen-bond donors (Lipinski definition) is 2. The van der Waals surface area contributed by atoms with Crippen molar-refractivity contribution in [1.82, 2.24) is 0 Å². The molecular weight excluding hydrogens is 234 g/mol. The summed E-state index contributed by atoms with van der Waals surface area (Å²) in [5, 5.41) is 12.5. The first kappa shape index (κ1) is 14.2. The van der Waals surface area contributed by atoms with Crippen molar-refractivity contribution in [3.63, 3.8) is 0 Å². The van der Waals surface area contributed by atoms with E-state index in [0.29, 0.717) is 5.75 Å². The summed E-state index contributed by atoms with van der Waals surface area (Å²) in [5.41, 5.74) is 0.957. The van der Waals surface area contributed by atoms with Crippen LogP contribution in [-0.4, -0.2) is 33.5 Å². The van der Waals surface area contributed by atoms with Gasteiger partial charge in [0.05, 0.1) is 12.6 Å². The van der Waals surface area contributed by atoms with E-state index >= 15 is 0 Å². The molecule has 0 saturated carbocycles. The molecule has 2 unspecified atom stereocenters. The van der Waals surface area contributed by atoms with Gasteiger partial charge in [-0.2, -0.15) is 0 Å². The molecular formula is C13H21NO2S. The first-order valence-electron chi connectivity index (χ1n) is 6.03. The Kier molecular flexibility index (Phi) is 6.89. The SMILES string of the molecule is CCCCS(=O)CC(CO)Nc1ccccc1. The van der Waals surface area contributed by atoms with Crippen LogP contribution in [0.4, 0.5) is 5.69 Å². The summed E-state index contributed by atoms with van der Waals surface area (Å²) in [5.74, 6) is 1.23. The summed E-state index contributed by atoms with van der Waals surface area (Å²) in [6.45, 7) is 2.09. The van der Waals surface area contributed by atoms with E-state index < -0.39 is 10.8 Å².